The fourth-order valence-corrected chi connectivity index (χ4v) is 14.0. The van der Waals surface area contributed by atoms with Gasteiger partial charge in [0.1, 0.15) is 16.7 Å². The van der Waals surface area contributed by atoms with Gasteiger partial charge in [-0.15, -0.1) is 0 Å². The minimum atomic E-state index is -0.0752. The summed E-state index contributed by atoms with van der Waals surface area (Å²) in [6.07, 6.45) is 0. The van der Waals surface area contributed by atoms with Crippen molar-refractivity contribution in [1.29, 1.82) is 0 Å². The molecule has 0 radical (unpaired) electrons. The topological polar surface area (TPSA) is 36.1 Å². The zero-order chi connectivity index (χ0) is 56.3. The van der Waals surface area contributed by atoms with E-state index >= 15 is 0 Å². The lowest BCUT2D eigenvalue weighted by atomic mass is 9.81. The average molecular weight is 1090 g/mol. The zero-order valence-electron chi connectivity index (χ0n) is 46.8. The third-order valence-electron chi connectivity index (χ3n) is 17.8. The monoisotopic (exact) mass is 1080 g/mol. The normalized spacial score (nSPS) is 12.6. The van der Waals surface area contributed by atoms with Crippen LogP contribution in [-0.4, -0.2) is 9.13 Å². The number of benzene rings is 13. The Morgan fingerprint density at radius 3 is 1.65 bits per heavy atom. The molecule has 18 rings (SSSR count). The Bertz CT molecular complexity index is 5640. The minimum absolute atomic E-state index is 0.0752. The molecule has 0 bridgehead atoms. The lowest BCUT2D eigenvalue weighted by Crippen LogP contribution is -2.14. The maximum atomic E-state index is 6.67. The van der Waals surface area contributed by atoms with E-state index in [1.807, 2.05) is 12.1 Å². The van der Waals surface area contributed by atoms with Crippen LogP contribution in [0.15, 0.2) is 288 Å². The summed E-state index contributed by atoms with van der Waals surface area (Å²) in [4.78, 5) is 0. The van der Waals surface area contributed by atoms with Crippen LogP contribution >= 0.6 is 0 Å². The summed E-state index contributed by atoms with van der Waals surface area (Å²) in [6.45, 7) is 4.70. The van der Waals surface area contributed by atoms with Crippen LogP contribution in [0.5, 0.6) is 0 Å². The number of para-hydroxylation sites is 7. The van der Waals surface area contributed by atoms with E-state index in [4.69, 9.17) is 8.83 Å². The Morgan fingerprint density at radius 1 is 0.329 bits per heavy atom. The Balaban J connectivity index is 0.000000134. The van der Waals surface area contributed by atoms with E-state index in [1.165, 1.54) is 98.4 Å². The summed E-state index contributed by atoms with van der Waals surface area (Å²) in [5.74, 6) is 7.48. The van der Waals surface area contributed by atoms with Gasteiger partial charge in [0.25, 0.3) is 0 Å². The molecule has 4 heteroatoms. The fraction of sp³-hybridized carbons (Fsp3) is 0.0370. The van der Waals surface area contributed by atoms with Gasteiger partial charge < -0.3 is 18.0 Å². The van der Waals surface area contributed by atoms with Crippen LogP contribution in [0.3, 0.4) is 0 Å². The van der Waals surface area contributed by atoms with Gasteiger partial charge in [0.2, 0.25) is 0 Å². The van der Waals surface area contributed by atoms with E-state index in [0.29, 0.717) is 5.76 Å². The molecule has 1 aliphatic carbocycles. The van der Waals surface area contributed by atoms with E-state index in [-0.39, 0.29) is 5.41 Å². The van der Waals surface area contributed by atoms with Crippen LogP contribution in [0.1, 0.15) is 36.3 Å². The molecule has 0 aliphatic heterocycles. The van der Waals surface area contributed by atoms with Gasteiger partial charge in [-0.2, -0.15) is 0 Å². The number of fused-ring (bicyclic) bond motifs is 17. The number of nitrogens with zero attached hydrogens (tertiary/aromatic N) is 2. The van der Waals surface area contributed by atoms with E-state index in [1.54, 1.807) is 0 Å². The molecule has 13 aromatic carbocycles. The van der Waals surface area contributed by atoms with Crippen LogP contribution < -0.4 is 0 Å². The SMILES string of the molecule is C(#Cc1oc2ccccc2c1-c1cccc2c3ccccc3n(-c3ccccc3)c12)c1ccc2ccccc2c1.CC1(C)c2ccccc2-c2ccc(-c3cc4oc5ccccc5c4c4c3ccc3c5ccccc5n(-c5ccccc5)c34)cc21. The first-order chi connectivity index (χ1) is 41.9. The van der Waals surface area contributed by atoms with Gasteiger partial charge in [-0.3, -0.25) is 0 Å². The molecule has 0 saturated heterocycles. The summed E-state index contributed by atoms with van der Waals surface area (Å²) >= 11 is 0. The highest BCUT2D eigenvalue weighted by Crippen LogP contribution is 2.52. The van der Waals surface area contributed by atoms with Crippen LogP contribution in [-0.2, 0) is 5.41 Å². The lowest BCUT2D eigenvalue weighted by Gasteiger charge is -2.22. The second kappa shape index (κ2) is 19.0. The lowest BCUT2D eigenvalue weighted by molar-refractivity contribution is 0.602. The summed E-state index contributed by atoms with van der Waals surface area (Å²) in [5, 5.41) is 13.1. The molecule has 0 atom stereocenters. The third kappa shape index (κ3) is 7.50. The first-order valence-corrected chi connectivity index (χ1v) is 29.2. The van der Waals surface area contributed by atoms with Crippen LogP contribution in [0.2, 0.25) is 0 Å². The quantitative estimate of drug-likeness (QED) is 0.165. The number of hydrogen-bond acceptors (Lipinski definition) is 2. The molecule has 0 N–H and O–H groups in total. The number of hydrogen-bond donors (Lipinski definition) is 0. The Hall–Kier alpha value is -11.1. The molecule has 4 nitrogen and oxygen atoms in total. The second-order valence-corrected chi connectivity index (χ2v) is 22.9. The van der Waals surface area contributed by atoms with E-state index in [9.17, 15) is 0 Å². The standard InChI is InChI=1S/C43H29NO.C38H23NO/c1-43(2)35-17-9-6-14-28(35)29-21-20-26(24-36(29)43)34-25-39-40(33-16-8-11-19-38(33)45-39)41-31(34)22-23-32-30-15-7-10-18-37(30)44(42(32)41)27-12-4-3-5-13-27;1-2-13-29(14-3-1)39-34-19-8-6-15-30(34)31-17-10-18-33(38(31)39)37-32-16-7-9-20-35(32)40-36(37)24-22-26-21-23-27-11-4-5-12-28(27)25-26/h3-25H,1-2H3;1-21,23,25H. The molecule has 0 saturated carbocycles. The predicted octanol–water partition coefficient (Wildman–Crippen LogP) is 21.6. The van der Waals surface area contributed by atoms with Crippen molar-refractivity contribution in [3.05, 3.63) is 302 Å². The smallest absolute Gasteiger partial charge is 0.186 e. The summed E-state index contributed by atoms with van der Waals surface area (Å²) < 4.78 is 17.9. The first-order valence-electron chi connectivity index (χ1n) is 29.2. The molecule has 0 spiro atoms. The van der Waals surface area contributed by atoms with Crippen molar-refractivity contribution in [1.82, 2.24) is 9.13 Å². The molecule has 4 heterocycles. The van der Waals surface area contributed by atoms with Crippen molar-refractivity contribution in [2.45, 2.75) is 19.3 Å². The second-order valence-electron chi connectivity index (χ2n) is 22.9. The van der Waals surface area contributed by atoms with Crippen molar-refractivity contribution in [2.75, 3.05) is 0 Å². The molecular weight excluding hydrogens is 1030 g/mol. The number of rotatable bonds is 4. The van der Waals surface area contributed by atoms with Crippen molar-refractivity contribution in [3.63, 3.8) is 0 Å². The minimum Gasteiger partial charge on any atom is -0.456 e. The third-order valence-corrected chi connectivity index (χ3v) is 17.8. The highest BCUT2D eigenvalue weighted by atomic mass is 16.3. The molecule has 17 aromatic rings. The summed E-state index contributed by atoms with van der Waals surface area (Å²) in [7, 11) is 0. The largest absolute Gasteiger partial charge is 0.456 e. The fourth-order valence-electron chi connectivity index (χ4n) is 14.0. The number of aromatic nitrogens is 2. The molecule has 0 unspecified atom stereocenters. The molecular formula is C81H52N2O2. The van der Waals surface area contributed by atoms with Gasteiger partial charge in [0.05, 0.1) is 22.1 Å². The van der Waals surface area contributed by atoms with Gasteiger partial charge in [-0.05, 0) is 128 Å². The van der Waals surface area contributed by atoms with Crippen LogP contribution in [0.4, 0.5) is 0 Å². The van der Waals surface area contributed by atoms with Crippen molar-refractivity contribution in [2.24, 2.45) is 0 Å². The predicted molar refractivity (Wildman–Crippen MR) is 354 cm³/mol. The van der Waals surface area contributed by atoms with Crippen molar-refractivity contribution >= 4 is 98.1 Å². The molecule has 1 aliphatic rings. The van der Waals surface area contributed by atoms with Crippen molar-refractivity contribution in [3.8, 4) is 56.6 Å². The van der Waals surface area contributed by atoms with Gasteiger partial charge >= 0.3 is 0 Å². The van der Waals surface area contributed by atoms with Crippen LogP contribution in [0, 0.1) is 11.8 Å². The highest BCUT2D eigenvalue weighted by molar-refractivity contribution is 6.32. The van der Waals surface area contributed by atoms with Crippen molar-refractivity contribution < 1.29 is 8.83 Å². The summed E-state index contributed by atoms with van der Waals surface area (Å²) in [5.41, 5.74) is 20.5. The van der Waals surface area contributed by atoms with Gasteiger partial charge in [0.15, 0.2) is 5.76 Å². The molecule has 0 amide bonds. The highest BCUT2D eigenvalue weighted by Gasteiger charge is 2.35. The first kappa shape index (κ1) is 48.6. The molecule has 4 aromatic heterocycles. The van der Waals surface area contributed by atoms with E-state index < -0.39 is 0 Å². The summed E-state index contributed by atoms with van der Waals surface area (Å²) in [6, 6.07) is 99.5. The molecule has 0 fully saturated rings. The maximum Gasteiger partial charge on any atom is 0.186 e. The van der Waals surface area contributed by atoms with Crippen LogP contribution in [0.25, 0.3) is 143 Å². The van der Waals surface area contributed by atoms with E-state index in [0.717, 1.165) is 61.1 Å². The van der Waals surface area contributed by atoms with Gasteiger partial charge in [-0.1, -0.05) is 226 Å². The maximum absolute atomic E-state index is 6.67. The Labute approximate surface area is 490 Å². The Kier molecular flexibility index (Phi) is 10.8. The zero-order valence-corrected chi connectivity index (χ0v) is 46.8. The average Bonchev–Trinajstić information content (AvgIpc) is 1.66. The van der Waals surface area contributed by atoms with Gasteiger partial charge in [-0.25, -0.2) is 0 Å². The Morgan fingerprint density at radius 2 is 0.894 bits per heavy atom. The molecule has 85 heavy (non-hydrogen) atoms. The molecule has 398 valence electrons. The van der Waals surface area contributed by atoms with E-state index in [2.05, 4.69) is 302 Å². The van der Waals surface area contributed by atoms with Gasteiger partial charge in [0, 0.05) is 76.6 Å². The number of furan rings is 2.